The van der Waals surface area contributed by atoms with Gasteiger partial charge in [0.25, 0.3) is 0 Å². The van der Waals surface area contributed by atoms with Crippen LogP contribution >= 0.6 is 0 Å². The molecule has 0 amide bonds. The maximum absolute atomic E-state index is 12.1. The molecule has 33 nitrogen and oxygen atoms in total. The van der Waals surface area contributed by atoms with Gasteiger partial charge >= 0.3 is 11.9 Å². The summed E-state index contributed by atoms with van der Waals surface area (Å²) in [5.74, 6) is -3.30. The van der Waals surface area contributed by atoms with Crippen molar-refractivity contribution in [2.45, 2.75) is 184 Å². The molecule has 7 fully saturated rings. The number of carbonyl (C=O) groups is 2. The fourth-order valence-electron chi connectivity index (χ4n) is 8.92. The van der Waals surface area contributed by atoms with Crippen molar-refractivity contribution in [1.82, 2.24) is 0 Å². The number of methoxy groups -OCH3 is 2. The van der Waals surface area contributed by atoms with Crippen LogP contribution in [0, 0.1) is 0 Å². The SMILES string of the molecule is CO[C@H]1[C@H](O)[C@@H](O[C@H]2O[C@H](C(=O)O)[C@@H](OC)[C@H](O)[C@H]2O[C@@H]2OC[C@@H](O[C@@H]3OC[C@@H](O[C@@H]4OC[C@@H](O[C@@H]5OC[C@@H](O[C@@H]6OC[C@@H](O)[C@H](O)[C@H]6O)[C@H](O)[C@H]5O)[C@H](O)[C@H]4O)[C@H](O)[C@H]3O)[C@H](O)[C@H]2O)[C@@H](O)O[C@@H]1C(=O)O. The molecule has 16 N–H and O–H groups in total. The smallest absolute Gasteiger partial charge is 0.335 e. The second-order valence-corrected chi connectivity index (χ2v) is 17.8. The van der Waals surface area contributed by atoms with Gasteiger partial charge in [-0.1, -0.05) is 0 Å². The van der Waals surface area contributed by atoms with E-state index in [9.17, 15) is 91.3 Å². The van der Waals surface area contributed by atoms with E-state index in [2.05, 4.69) is 0 Å². The molecule has 0 bridgehead atoms. The summed E-state index contributed by atoms with van der Waals surface area (Å²) < 4.78 is 81.6. The monoisotopic (exact) mass is 1060 g/mol. The standard InChI is InChI=1S/C39H62O33/c1-58-25-23(51)27(33(57)69-29(25)31(53)54)70-39-28(24(52)26(59-2)30(72-39)32(55)56)71-38-22(50)17(45)12(7-64-38)68-37-21(49)16(44)11(6-63-37)67-36-20(48)15(43)10(5-62-36)66-35-19(47)14(42)9(4-61-35)65-34-18(46)13(41)8(40)3-60-34/h8-30,33-52,57H,3-7H2,1-2H3,(H,53,54)(H,55,56)/t8-,9-,10-,11-,12-,13+,14+,15+,16+,17+,18-,19-,20-,21-,22-,23+,24+,25+,26+,27-,28-,29+,30+,33+,34+,35+,36+,37+,38+,39+/m1/s1. The van der Waals surface area contributed by atoms with Crippen molar-refractivity contribution in [2.24, 2.45) is 0 Å². The number of carboxylic acid groups (broad SMARTS) is 2. The van der Waals surface area contributed by atoms with Gasteiger partial charge in [-0.3, -0.25) is 0 Å². The van der Waals surface area contributed by atoms with Gasteiger partial charge in [0.1, 0.15) is 128 Å². The van der Waals surface area contributed by atoms with Gasteiger partial charge in [-0.25, -0.2) is 9.59 Å². The molecule has 0 aromatic rings. The predicted molar refractivity (Wildman–Crippen MR) is 212 cm³/mol. The van der Waals surface area contributed by atoms with Crippen LogP contribution in [0.2, 0.25) is 0 Å². The molecule has 0 aromatic heterocycles. The fraction of sp³-hybridized carbons (Fsp3) is 0.949. The summed E-state index contributed by atoms with van der Waals surface area (Å²) in [4.78, 5) is 23.8. The molecule has 7 heterocycles. The fourth-order valence-corrected chi connectivity index (χ4v) is 8.92. The molecule has 7 aliphatic rings. The third kappa shape index (κ3) is 12.0. The molecule has 72 heavy (non-hydrogen) atoms. The Labute approximate surface area is 405 Å². The Morgan fingerprint density at radius 3 is 1.01 bits per heavy atom. The highest BCUT2D eigenvalue weighted by molar-refractivity contribution is 5.74. The van der Waals surface area contributed by atoms with Gasteiger partial charge in [-0.15, -0.1) is 0 Å². The maximum Gasteiger partial charge on any atom is 0.335 e. The first-order valence-corrected chi connectivity index (χ1v) is 22.4. The minimum Gasteiger partial charge on any atom is -0.479 e. The van der Waals surface area contributed by atoms with Crippen LogP contribution in [0.3, 0.4) is 0 Å². The van der Waals surface area contributed by atoms with Gasteiger partial charge in [0.05, 0.1) is 33.0 Å². The summed E-state index contributed by atoms with van der Waals surface area (Å²) in [5, 5.41) is 169. The van der Waals surface area contributed by atoms with E-state index < -0.39 is 229 Å². The van der Waals surface area contributed by atoms with Crippen LogP contribution < -0.4 is 0 Å². The first-order chi connectivity index (χ1) is 34.1. The average molecular weight is 1060 g/mol. The Morgan fingerprint density at radius 2 is 0.653 bits per heavy atom. The lowest BCUT2D eigenvalue weighted by molar-refractivity contribution is -0.387. The Kier molecular flexibility index (Phi) is 19.5. The lowest BCUT2D eigenvalue weighted by Crippen LogP contribution is -2.67. The lowest BCUT2D eigenvalue weighted by atomic mass is 9.96. The molecule has 416 valence electrons. The summed E-state index contributed by atoms with van der Waals surface area (Å²) in [6.45, 7) is -2.62. The van der Waals surface area contributed by atoms with Crippen LogP contribution in [0.1, 0.15) is 0 Å². The molecular formula is C39H62O33. The number of aliphatic hydroxyl groups excluding tert-OH is 14. The molecule has 33 heteroatoms. The second kappa shape index (κ2) is 24.4. The zero-order valence-electron chi connectivity index (χ0n) is 38.0. The number of hydrogen-bond acceptors (Lipinski definition) is 31. The Bertz CT molecular complexity index is 1750. The molecule has 7 rings (SSSR count). The van der Waals surface area contributed by atoms with Crippen molar-refractivity contribution in [3.8, 4) is 0 Å². The predicted octanol–water partition coefficient (Wildman–Crippen LogP) is -11.6. The first-order valence-electron chi connectivity index (χ1n) is 22.4. The summed E-state index contributed by atoms with van der Waals surface area (Å²) >= 11 is 0. The topological polar surface area (TPSA) is 496 Å². The van der Waals surface area contributed by atoms with Crippen LogP contribution in [0.25, 0.3) is 0 Å². The number of ether oxygens (including phenoxy) is 15. The van der Waals surface area contributed by atoms with E-state index in [0.29, 0.717) is 0 Å². The number of hydrogen-bond donors (Lipinski definition) is 16. The molecular weight excluding hydrogens is 996 g/mol. The second-order valence-electron chi connectivity index (χ2n) is 17.8. The van der Waals surface area contributed by atoms with Gasteiger partial charge in [0.15, 0.2) is 56.2 Å². The molecule has 0 aliphatic carbocycles. The van der Waals surface area contributed by atoms with Gasteiger partial charge < -0.3 is 153 Å². The Hall–Kier alpha value is -2.22. The third-order valence-electron chi connectivity index (χ3n) is 13.1. The molecule has 7 aliphatic heterocycles. The molecule has 7 saturated heterocycles. The number of rotatable bonds is 16. The van der Waals surface area contributed by atoms with Crippen molar-refractivity contribution in [3.63, 3.8) is 0 Å². The molecule has 0 radical (unpaired) electrons. The van der Waals surface area contributed by atoms with E-state index in [-0.39, 0.29) is 0 Å². The highest BCUT2D eigenvalue weighted by Gasteiger charge is 2.57. The highest BCUT2D eigenvalue weighted by Crippen LogP contribution is 2.35. The lowest BCUT2D eigenvalue weighted by Gasteiger charge is -2.48. The van der Waals surface area contributed by atoms with Crippen molar-refractivity contribution < 1.29 is 162 Å². The summed E-state index contributed by atoms with van der Waals surface area (Å²) in [7, 11) is 2.04. The number of aliphatic carboxylic acids is 2. The van der Waals surface area contributed by atoms with Crippen LogP contribution in [0.4, 0.5) is 0 Å². The first kappa shape index (κ1) is 57.5. The van der Waals surface area contributed by atoms with E-state index in [4.69, 9.17) is 71.1 Å². The van der Waals surface area contributed by atoms with Crippen molar-refractivity contribution in [1.29, 1.82) is 0 Å². The molecule has 0 aromatic carbocycles. The van der Waals surface area contributed by atoms with Crippen molar-refractivity contribution >= 4 is 11.9 Å². The van der Waals surface area contributed by atoms with E-state index in [1.165, 1.54) is 0 Å². The van der Waals surface area contributed by atoms with Crippen LogP contribution in [0.5, 0.6) is 0 Å². The minimum absolute atomic E-state index is 0.396. The largest absolute Gasteiger partial charge is 0.479 e. The van der Waals surface area contributed by atoms with Crippen LogP contribution in [-0.4, -0.2) is 325 Å². The third-order valence-corrected chi connectivity index (χ3v) is 13.1. The zero-order valence-corrected chi connectivity index (χ0v) is 38.0. The van der Waals surface area contributed by atoms with Crippen molar-refractivity contribution in [3.05, 3.63) is 0 Å². The summed E-state index contributed by atoms with van der Waals surface area (Å²) in [5.41, 5.74) is 0. The van der Waals surface area contributed by atoms with Gasteiger partial charge in [-0.2, -0.15) is 0 Å². The molecule has 0 saturated carbocycles. The van der Waals surface area contributed by atoms with Gasteiger partial charge in [-0.05, 0) is 0 Å². The van der Waals surface area contributed by atoms with Crippen molar-refractivity contribution in [2.75, 3.05) is 47.3 Å². The van der Waals surface area contributed by atoms with Crippen LogP contribution in [0.15, 0.2) is 0 Å². The number of aliphatic hydroxyl groups is 14. The highest BCUT2D eigenvalue weighted by atomic mass is 16.8. The molecule has 30 atom stereocenters. The normalized spacial score (nSPS) is 51.6. The van der Waals surface area contributed by atoms with E-state index >= 15 is 0 Å². The Balaban J connectivity index is 0.896. The molecule has 0 spiro atoms. The quantitative estimate of drug-likeness (QED) is 0.0682. The summed E-state index contributed by atoms with van der Waals surface area (Å²) in [6.07, 6.45) is -53.4. The minimum atomic E-state index is -2.20. The van der Waals surface area contributed by atoms with Gasteiger partial charge in [0.2, 0.25) is 0 Å². The summed E-state index contributed by atoms with van der Waals surface area (Å²) in [6, 6.07) is 0. The number of carboxylic acids is 2. The average Bonchev–Trinajstić information content (AvgIpc) is 3.34. The Morgan fingerprint density at radius 1 is 0.347 bits per heavy atom. The van der Waals surface area contributed by atoms with Gasteiger partial charge in [0, 0.05) is 14.2 Å². The zero-order chi connectivity index (χ0) is 52.6. The van der Waals surface area contributed by atoms with Crippen LogP contribution in [-0.2, 0) is 80.6 Å². The van der Waals surface area contributed by atoms with E-state index in [1.807, 2.05) is 0 Å². The van der Waals surface area contributed by atoms with E-state index in [0.717, 1.165) is 14.2 Å². The maximum atomic E-state index is 12.1. The van der Waals surface area contributed by atoms with E-state index in [1.54, 1.807) is 0 Å². The molecule has 0 unspecified atom stereocenters.